The van der Waals surface area contributed by atoms with Crippen molar-refractivity contribution in [3.8, 4) is 22.3 Å². The van der Waals surface area contributed by atoms with Crippen molar-refractivity contribution in [3.05, 3.63) is 89.9 Å². The second-order valence-electron chi connectivity index (χ2n) is 8.69. The van der Waals surface area contributed by atoms with Crippen molar-refractivity contribution in [2.24, 2.45) is 5.73 Å². The first-order valence-corrected chi connectivity index (χ1v) is 14.0. The molecule has 0 saturated heterocycles. The van der Waals surface area contributed by atoms with E-state index in [9.17, 15) is 13.6 Å². The maximum atomic E-state index is 12.5. The molecule has 0 spiro atoms. The average molecular weight is 574 g/mol. The number of pyridine rings is 1. The summed E-state index contributed by atoms with van der Waals surface area (Å²) < 4.78 is 26.5. The maximum absolute atomic E-state index is 12.5. The molecule has 0 saturated carbocycles. The number of aromatic nitrogens is 1. The number of hydrogen-bond donors (Lipinski definition) is 5. The van der Waals surface area contributed by atoms with Crippen LogP contribution in [0.15, 0.2) is 84.4 Å². The molecule has 5 rings (SSSR count). The van der Waals surface area contributed by atoms with E-state index in [1.54, 1.807) is 23.6 Å². The minimum absolute atomic E-state index is 0.154. The molecule has 5 aromatic rings. The highest BCUT2D eigenvalue weighted by Gasteiger charge is 2.15. The van der Waals surface area contributed by atoms with Gasteiger partial charge in [0.15, 0.2) is 0 Å². The zero-order valence-electron chi connectivity index (χ0n) is 21.0. The fourth-order valence-electron chi connectivity index (χ4n) is 4.22. The SMILES string of the molecule is NCc1cccc(NC(=O)Nc2ccc(-c3csc4c(-c5ccc(NCOS(=O)[O-])cc5)cnc(N)c34)cc2)c1. The molecule has 0 fully saturated rings. The van der Waals surface area contributed by atoms with Gasteiger partial charge in [0.1, 0.15) is 12.5 Å². The second kappa shape index (κ2) is 12.2. The summed E-state index contributed by atoms with van der Waals surface area (Å²) in [5, 5.41) is 11.4. The number of nitrogen functional groups attached to an aromatic ring is 1. The Hall–Kier alpha value is -4.33. The molecule has 1 atom stereocenters. The summed E-state index contributed by atoms with van der Waals surface area (Å²) in [4.78, 5) is 16.9. The molecular formula is C28H25N6O4S2-. The van der Waals surface area contributed by atoms with Crippen LogP contribution in [0.1, 0.15) is 5.56 Å². The molecule has 0 bridgehead atoms. The molecule has 2 aromatic heterocycles. The van der Waals surface area contributed by atoms with Gasteiger partial charge in [0.25, 0.3) is 0 Å². The van der Waals surface area contributed by atoms with E-state index in [-0.39, 0.29) is 12.8 Å². The fraction of sp³-hybridized carbons (Fsp3) is 0.0714. The van der Waals surface area contributed by atoms with Crippen LogP contribution >= 0.6 is 11.3 Å². The minimum atomic E-state index is -2.57. The Labute approximate surface area is 236 Å². The molecule has 0 radical (unpaired) electrons. The summed E-state index contributed by atoms with van der Waals surface area (Å²) in [7, 11) is 0. The van der Waals surface area contributed by atoms with Gasteiger partial charge in [-0.25, -0.2) is 14.0 Å². The molecule has 2 heterocycles. The number of nitrogens with two attached hydrogens (primary N) is 2. The first kappa shape index (κ1) is 27.2. The normalized spacial score (nSPS) is 11.8. The van der Waals surface area contributed by atoms with Crippen molar-refractivity contribution in [3.63, 3.8) is 0 Å². The molecule has 0 aliphatic carbocycles. The lowest BCUT2D eigenvalue weighted by Gasteiger charge is -2.11. The van der Waals surface area contributed by atoms with Crippen LogP contribution in [0.2, 0.25) is 0 Å². The van der Waals surface area contributed by atoms with Gasteiger partial charge in [0, 0.05) is 51.0 Å². The Bertz CT molecular complexity index is 1670. The average Bonchev–Trinajstić information content (AvgIpc) is 3.40. The number of amides is 2. The van der Waals surface area contributed by atoms with Crippen molar-refractivity contribution in [2.45, 2.75) is 6.54 Å². The summed E-state index contributed by atoms with van der Waals surface area (Å²) in [5.41, 5.74) is 18.7. The highest BCUT2D eigenvalue weighted by molar-refractivity contribution is 7.74. The van der Waals surface area contributed by atoms with Crippen LogP contribution in [-0.2, 0) is 22.1 Å². The smallest absolute Gasteiger partial charge is 0.323 e. The molecule has 0 aliphatic rings. The van der Waals surface area contributed by atoms with Crippen LogP contribution in [-0.4, -0.2) is 26.5 Å². The third-order valence-electron chi connectivity index (χ3n) is 6.13. The molecule has 204 valence electrons. The summed E-state index contributed by atoms with van der Waals surface area (Å²) in [5.74, 6) is 0.428. The summed E-state index contributed by atoms with van der Waals surface area (Å²) in [6, 6.07) is 22.0. The van der Waals surface area contributed by atoms with Gasteiger partial charge in [0.05, 0.1) is 11.4 Å². The third kappa shape index (κ3) is 6.28. The number of rotatable bonds is 9. The number of nitrogens with zero attached hydrogens (tertiary/aromatic N) is 1. The predicted molar refractivity (Wildman–Crippen MR) is 160 cm³/mol. The fourth-order valence-corrected chi connectivity index (χ4v) is 5.49. The molecule has 7 N–H and O–H groups in total. The Morgan fingerprint density at radius 3 is 2.33 bits per heavy atom. The molecular weight excluding hydrogens is 548 g/mol. The topological polar surface area (TPSA) is 167 Å². The van der Waals surface area contributed by atoms with Gasteiger partial charge in [-0.3, -0.25) is 4.18 Å². The largest absolute Gasteiger partial charge is 0.750 e. The molecule has 1 unspecified atom stereocenters. The van der Waals surface area contributed by atoms with E-state index in [0.29, 0.717) is 29.4 Å². The number of anilines is 4. The van der Waals surface area contributed by atoms with Gasteiger partial charge >= 0.3 is 6.03 Å². The van der Waals surface area contributed by atoms with Crippen LogP contribution in [0.5, 0.6) is 0 Å². The van der Waals surface area contributed by atoms with Gasteiger partial charge < -0.3 is 32.0 Å². The Balaban J connectivity index is 1.33. The van der Waals surface area contributed by atoms with Gasteiger partial charge in [-0.05, 0) is 58.5 Å². The van der Waals surface area contributed by atoms with Gasteiger partial charge in [0.2, 0.25) is 0 Å². The number of urea groups is 1. The van der Waals surface area contributed by atoms with Crippen LogP contribution in [0.25, 0.3) is 32.3 Å². The number of thiophene rings is 1. The third-order valence-corrected chi connectivity index (χ3v) is 7.45. The number of hydrogen-bond acceptors (Lipinski definition) is 9. The van der Waals surface area contributed by atoms with E-state index < -0.39 is 11.4 Å². The summed E-state index contributed by atoms with van der Waals surface area (Å²) in [6.07, 6.45) is 1.75. The highest BCUT2D eigenvalue weighted by atomic mass is 32.2. The zero-order chi connectivity index (χ0) is 28.1. The lowest BCUT2D eigenvalue weighted by atomic mass is 10.0. The lowest BCUT2D eigenvalue weighted by Crippen LogP contribution is -2.19. The minimum Gasteiger partial charge on any atom is -0.750 e. The standard InChI is InChI=1S/C28H26N6O4S2/c29-13-17-2-1-3-22(12-17)34-28(35)33-21-10-6-19(7-11-21)24-15-39-26-23(14-31-27(30)25(24)26)18-4-8-20(9-5-18)32-16-38-40(36)37/h1-12,14-15,32H,13,16,29H2,(H2,30,31)(H,36,37)(H2,33,34,35)/p-1. The molecule has 40 heavy (non-hydrogen) atoms. The zero-order valence-corrected chi connectivity index (χ0v) is 22.7. The first-order chi connectivity index (χ1) is 19.4. The molecule has 10 nitrogen and oxygen atoms in total. The Kier molecular flexibility index (Phi) is 8.34. The molecule has 12 heteroatoms. The second-order valence-corrected chi connectivity index (χ2v) is 10.2. The number of benzene rings is 3. The molecule has 2 amide bonds. The molecule has 3 aromatic carbocycles. The monoisotopic (exact) mass is 573 g/mol. The first-order valence-electron chi connectivity index (χ1n) is 12.1. The van der Waals surface area contributed by atoms with Crippen molar-refractivity contribution >= 4 is 61.7 Å². The van der Waals surface area contributed by atoms with Gasteiger partial charge in [-0.2, -0.15) is 0 Å². The van der Waals surface area contributed by atoms with Crippen LogP contribution in [0.3, 0.4) is 0 Å². The van der Waals surface area contributed by atoms with E-state index in [0.717, 1.165) is 37.9 Å². The van der Waals surface area contributed by atoms with Crippen LogP contribution < -0.4 is 27.4 Å². The van der Waals surface area contributed by atoms with Crippen molar-refractivity contribution in [1.82, 2.24) is 4.98 Å². The lowest BCUT2D eigenvalue weighted by molar-refractivity contribution is 0.262. The number of carbonyl (C=O) groups is 1. The van der Waals surface area contributed by atoms with E-state index >= 15 is 0 Å². The van der Waals surface area contributed by atoms with E-state index in [1.165, 1.54) is 0 Å². The van der Waals surface area contributed by atoms with Crippen LogP contribution in [0, 0.1) is 0 Å². The number of carbonyl (C=O) groups excluding carboxylic acids is 1. The highest BCUT2D eigenvalue weighted by Crippen LogP contribution is 2.42. The van der Waals surface area contributed by atoms with Gasteiger partial charge in [-0.1, -0.05) is 36.4 Å². The Morgan fingerprint density at radius 1 is 0.950 bits per heavy atom. The summed E-state index contributed by atoms with van der Waals surface area (Å²) in [6.45, 7) is 0.241. The van der Waals surface area contributed by atoms with Crippen LogP contribution in [0.4, 0.5) is 27.7 Å². The van der Waals surface area contributed by atoms with Crippen molar-refractivity contribution in [1.29, 1.82) is 0 Å². The maximum Gasteiger partial charge on any atom is 0.323 e. The van der Waals surface area contributed by atoms with E-state index in [2.05, 4.69) is 25.1 Å². The predicted octanol–water partition coefficient (Wildman–Crippen LogP) is 5.50. The van der Waals surface area contributed by atoms with Crippen molar-refractivity contribution in [2.75, 3.05) is 28.4 Å². The van der Waals surface area contributed by atoms with Gasteiger partial charge in [-0.15, -0.1) is 11.3 Å². The quantitative estimate of drug-likeness (QED) is 0.114. The molecule has 0 aliphatic heterocycles. The summed E-state index contributed by atoms with van der Waals surface area (Å²) >= 11 is -1.00. The van der Waals surface area contributed by atoms with E-state index in [1.807, 2.05) is 72.1 Å². The Morgan fingerprint density at radius 2 is 1.62 bits per heavy atom. The van der Waals surface area contributed by atoms with E-state index in [4.69, 9.17) is 11.5 Å². The number of fused-ring (bicyclic) bond motifs is 1. The number of nitrogens with one attached hydrogen (secondary N) is 3. The van der Waals surface area contributed by atoms with Crippen molar-refractivity contribution < 1.29 is 17.7 Å².